The Morgan fingerprint density at radius 2 is 1.96 bits per heavy atom. The number of rotatable bonds is 2. The van der Waals surface area contributed by atoms with E-state index in [-0.39, 0.29) is 24.7 Å². The normalized spacial score (nSPS) is 15.8. The van der Waals surface area contributed by atoms with Crippen molar-refractivity contribution in [1.82, 2.24) is 4.98 Å². The molecule has 2 aromatic rings. The number of pyridine rings is 1. The number of Topliss-reactive ketones (excluding diaryl/α,β-unsaturated/α-hetero) is 1. The number of ketones is 1. The molecule has 4 rings (SSSR count). The molecular weight excluding hydrogens is 293 g/mol. The van der Waals surface area contributed by atoms with Crippen molar-refractivity contribution in [2.75, 3.05) is 13.1 Å². The van der Waals surface area contributed by atoms with Gasteiger partial charge in [-0.2, -0.15) is 0 Å². The summed E-state index contributed by atoms with van der Waals surface area (Å²) >= 11 is 0. The minimum Gasteiger partial charge on any atom is -0.325 e. The zero-order valence-corrected chi connectivity index (χ0v) is 12.3. The molecule has 114 valence electrons. The number of carbonyl (C=O) groups is 1. The molecule has 0 radical (unpaired) electrons. The third-order valence-electron chi connectivity index (χ3n) is 4.27. The number of carbonyl (C=O) groups excluding carboxylic acids is 1. The number of hydrogen-bond donors (Lipinski definition) is 1. The Labute approximate surface area is 132 Å². The Morgan fingerprint density at radius 3 is 2.78 bits per heavy atom. The average Bonchev–Trinajstić information content (AvgIpc) is 2.96. The lowest BCUT2D eigenvalue weighted by molar-refractivity contribution is 0.1000. The summed E-state index contributed by atoms with van der Waals surface area (Å²) in [6.07, 6.45) is 3.80. The van der Waals surface area contributed by atoms with E-state index in [1.54, 1.807) is 18.3 Å². The van der Waals surface area contributed by atoms with Crippen LogP contribution in [0.25, 0.3) is 17.0 Å². The Balaban J connectivity index is 1.83. The van der Waals surface area contributed by atoms with Crippen molar-refractivity contribution in [3.63, 3.8) is 0 Å². The summed E-state index contributed by atoms with van der Waals surface area (Å²) in [5.41, 5.74) is 10.8. The fourth-order valence-electron chi connectivity index (χ4n) is 3.03. The van der Waals surface area contributed by atoms with Crippen LogP contribution in [0.5, 0.6) is 0 Å². The van der Waals surface area contributed by atoms with Crippen LogP contribution >= 0.6 is 0 Å². The molecular formula is C18H14FN3O. The van der Waals surface area contributed by atoms with Crippen LogP contribution < -0.4 is 5.73 Å². The molecule has 1 aromatic heterocycles. The van der Waals surface area contributed by atoms with Crippen LogP contribution in [-0.2, 0) is 6.42 Å². The van der Waals surface area contributed by atoms with Crippen LogP contribution in [0, 0.1) is 0 Å². The Morgan fingerprint density at radius 1 is 1.13 bits per heavy atom. The predicted octanol–water partition coefficient (Wildman–Crippen LogP) is 2.56. The van der Waals surface area contributed by atoms with E-state index >= 15 is 0 Å². The van der Waals surface area contributed by atoms with Gasteiger partial charge >= 0.3 is 0 Å². The van der Waals surface area contributed by atoms with Gasteiger partial charge in [-0.15, -0.1) is 0 Å². The van der Waals surface area contributed by atoms with E-state index in [9.17, 15) is 9.18 Å². The van der Waals surface area contributed by atoms with Gasteiger partial charge in [-0.3, -0.25) is 14.8 Å². The standard InChI is InChI=1S/C18H14FN3O/c19-15-3-4-16-14(15)6-11(8-21-16)10-1-2-12-13(5-10)17(7-20)22-9-18(12)23/h1-3,5-6,8H,4,7,9,20H2. The first-order chi connectivity index (χ1) is 11.2. The smallest absolute Gasteiger partial charge is 0.184 e. The molecule has 0 atom stereocenters. The summed E-state index contributed by atoms with van der Waals surface area (Å²) < 4.78 is 13.8. The molecule has 5 heteroatoms. The highest BCUT2D eigenvalue weighted by atomic mass is 19.1. The van der Waals surface area contributed by atoms with E-state index in [1.165, 1.54) is 6.08 Å². The minimum atomic E-state index is -0.230. The van der Waals surface area contributed by atoms with E-state index in [0.717, 1.165) is 28.1 Å². The second-order valence-corrected chi connectivity index (χ2v) is 5.63. The van der Waals surface area contributed by atoms with E-state index in [4.69, 9.17) is 5.73 Å². The molecule has 2 heterocycles. The maximum absolute atomic E-state index is 13.8. The lowest BCUT2D eigenvalue weighted by atomic mass is 9.92. The number of hydrogen-bond acceptors (Lipinski definition) is 4. The molecule has 0 unspecified atom stereocenters. The van der Waals surface area contributed by atoms with Crippen LogP contribution in [0.4, 0.5) is 4.39 Å². The summed E-state index contributed by atoms with van der Waals surface area (Å²) in [5, 5.41) is 0. The van der Waals surface area contributed by atoms with Crippen molar-refractivity contribution in [2.24, 2.45) is 10.7 Å². The van der Waals surface area contributed by atoms with Gasteiger partial charge in [0.15, 0.2) is 5.78 Å². The van der Waals surface area contributed by atoms with Crippen molar-refractivity contribution >= 4 is 17.3 Å². The lowest BCUT2D eigenvalue weighted by Gasteiger charge is -2.16. The van der Waals surface area contributed by atoms with Gasteiger partial charge in [0.1, 0.15) is 12.4 Å². The van der Waals surface area contributed by atoms with Gasteiger partial charge in [0.25, 0.3) is 0 Å². The van der Waals surface area contributed by atoms with Crippen molar-refractivity contribution in [1.29, 1.82) is 0 Å². The summed E-state index contributed by atoms with van der Waals surface area (Å²) in [6, 6.07) is 7.33. The Bertz CT molecular complexity index is 899. The number of fused-ring (bicyclic) bond motifs is 2. The van der Waals surface area contributed by atoms with Crippen LogP contribution in [0.15, 0.2) is 41.5 Å². The highest BCUT2D eigenvalue weighted by Gasteiger charge is 2.21. The fourth-order valence-corrected chi connectivity index (χ4v) is 3.03. The van der Waals surface area contributed by atoms with Gasteiger partial charge in [-0.1, -0.05) is 12.1 Å². The molecule has 0 saturated carbocycles. The zero-order valence-electron chi connectivity index (χ0n) is 12.3. The quantitative estimate of drug-likeness (QED) is 0.927. The topological polar surface area (TPSA) is 68.3 Å². The summed E-state index contributed by atoms with van der Waals surface area (Å²) in [4.78, 5) is 20.5. The summed E-state index contributed by atoms with van der Waals surface area (Å²) in [6.45, 7) is 0.429. The van der Waals surface area contributed by atoms with Gasteiger partial charge < -0.3 is 5.73 Å². The average molecular weight is 307 g/mol. The maximum Gasteiger partial charge on any atom is 0.184 e. The minimum absolute atomic E-state index is 0.00944. The summed E-state index contributed by atoms with van der Waals surface area (Å²) in [7, 11) is 0. The number of nitrogens with two attached hydrogens (primary N) is 1. The van der Waals surface area contributed by atoms with Crippen LogP contribution in [-0.4, -0.2) is 29.6 Å². The first kappa shape index (κ1) is 14.0. The Hall–Kier alpha value is -2.66. The molecule has 0 spiro atoms. The first-order valence-electron chi connectivity index (χ1n) is 7.43. The van der Waals surface area contributed by atoms with Gasteiger partial charge in [-0.25, -0.2) is 4.39 Å². The molecule has 0 amide bonds. The molecule has 23 heavy (non-hydrogen) atoms. The van der Waals surface area contributed by atoms with E-state index in [2.05, 4.69) is 9.98 Å². The van der Waals surface area contributed by atoms with Crippen molar-refractivity contribution in [3.05, 3.63) is 58.9 Å². The summed E-state index contributed by atoms with van der Waals surface area (Å²) in [5.74, 6) is -0.239. The van der Waals surface area contributed by atoms with E-state index in [0.29, 0.717) is 17.5 Å². The van der Waals surface area contributed by atoms with Crippen molar-refractivity contribution in [3.8, 4) is 11.1 Å². The molecule has 0 saturated heterocycles. The number of nitrogens with zero attached hydrogens (tertiary/aromatic N) is 2. The lowest BCUT2D eigenvalue weighted by Crippen LogP contribution is -2.24. The van der Waals surface area contributed by atoms with Crippen LogP contribution in [0.3, 0.4) is 0 Å². The SMILES string of the molecule is NCC1=NCC(=O)c2ccc(-c3cnc4c(c3)C(F)=CC4)cc21. The van der Waals surface area contributed by atoms with Gasteiger partial charge in [0.2, 0.25) is 0 Å². The van der Waals surface area contributed by atoms with Crippen LogP contribution in [0.2, 0.25) is 0 Å². The number of allylic oxidation sites excluding steroid dienone is 1. The predicted molar refractivity (Wildman–Crippen MR) is 87.3 cm³/mol. The number of benzene rings is 1. The number of halogens is 1. The third kappa shape index (κ3) is 2.21. The Kier molecular flexibility index (Phi) is 3.16. The highest BCUT2D eigenvalue weighted by Crippen LogP contribution is 2.32. The van der Waals surface area contributed by atoms with Gasteiger partial charge in [-0.05, 0) is 23.8 Å². The zero-order chi connectivity index (χ0) is 16.0. The molecule has 2 N–H and O–H groups in total. The fraction of sp³-hybridized carbons (Fsp3) is 0.167. The maximum atomic E-state index is 13.8. The molecule has 1 aliphatic carbocycles. The molecule has 1 aliphatic heterocycles. The number of aliphatic imine (C=N–C) groups is 1. The molecule has 0 bridgehead atoms. The molecule has 4 nitrogen and oxygen atoms in total. The molecule has 1 aromatic carbocycles. The number of aromatic nitrogens is 1. The second kappa shape index (κ2) is 5.21. The molecule has 0 fully saturated rings. The second-order valence-electron chi connectivity index (χ2n) is 5.63. The third-order valence-corrected chi connectivity index (χ3v) is 4.27. The largest absolute Gasteiger partial charge is 0.325 e. The van der Waals surface area contributed by atoms with E-state index < -0.39 is 0 Å². The van der Waals surface area contributed by atoms with Crippen molar-refractivity contribution < 1.29 is 9.18 Å². The molecule has 2 aliphatic rings. The van der Waals surface area contributed by atoms with Gasteiger partial charge in [0, 0.05) is 41.4 Å². The highest BCUT2D eigenvalue weighted by molar-refractivity contribution is 6.16. The van der Waals surface area contributed by atoms with Crippen LogP contribution in [0.1, 0.15) is 27.2 Å². The first-order valence-corrected chi connectivity index (χ1v) is 7.43. The monoisotopic (exact) mass is 307 g/mol. The van der Waals surface area contributed by atoms with Gasteiger partial charge in [0.05, 0.1) is 11.4 Å². The van der Waals surface area contributed by atoms with Crippen molar-refractivity contribution in [2.45, 2.75) is 6.42 Å². The van der Waals surface area contributed by atoms with E-state index in [1.807, 2.05) is 12.1 Å².